The molecule has 1 aromatic rings. The highest BCUT2D eigenvalue weighted by Crippen LogP contribution is 2.30. The van der Waals surface area contributed by atoms with Gasteiger partial charge in [0, 0.05) is 18.0 Å². The van der Waals surface area contributed by atoms with Crippen molar-refractivity contribution >= 4 is 17.2 Å². The molecule has 0 bridgehead atoms. The van der Waals surface area contributed by atoms with Crippen LogP contribution in [0.25, 0.3) is 0 Å². The molecule has 1 heterocycles. The third-order valence-corrected chi connectivity index (χ3v) is 4.18. The van der Waals surface area contributed by atoms with Gasteiger partial charge in [0.1, 0.15) is 0 Å². The van der Waals surface area contributed by atoms with E-state index >= 15 is 0 Å². The molecule has 1 amide bonds. The number of amides is 1. The lowest BCUT2D eigenvalue weighted by Gasteiger charge is -2.32. The average molecular weight is 269 g/mol. The maximum atomic E-state index is 11.6. The summed E-state index contributed by atoms with van der Waals surface area (Å²) >= 11 is 1.71. The second-order valence-electron chi connectivity index (χ2n) is 4.51. The first-order chi connectivity index (χ1) is 8.51. The molecule has 102 valence electrons. The fourth-order valence-electron chi connectivity index (χ4n) is 2.09. The summed E-state index contributed by atoms with van der Waals surface area (Å²) in [6, 6.07) is 2.20. The van der Waals surface area contributed by atoms with E-state index in [1.165, 1.54) is 10.4 Å². The standard InChI is InChI=1S/C13H23N3OS/c1-5-16(8-11(17)15-4)12(10(3)14)13-9(2)6-7-18-13/h6-7,10,12H,5,8,14H2,1-4H3,(H,15,17). The van der Waals surface area contributed by atoms with Crippen LogP contribution in [0.1, 0.15) is 30.3 Å². The van der Waals surface area contributed by atoms with Crippen LogP contribution < -0.4 is 11.1 Å². The van der Waals surface area contributed by atoms with Gasteiger partial charge in [-0.2, -0.15) is 0 Å². The minimum Gasteiger partial charge on any atom is -0.358 e. The van der Waals surface area contributed by atoms with Crippen LogP contribution in [0, 0.1) is 6.92 Å². The molecule has 0 saturated heterocycles. The Balaban J connectivity index is 2.96. The van der Waals surface area contributed by atoms with Gasteiger partial charge in [0.25, 0.3) is 0 Å². The summed E-state index contributed by atoms with van der Waals surface area (Å²) in [5.41, 5.74) is 7.37. The van der Waals surface area contributed by atoms with Gasteiger partial charge in [-0.15, -0.1) is 11.3 Å². The maximum Gasteiger partial charge on any atom is 0.233 e. The normalized spacial score (nSPS) is 14.6. The van der Waals surface area contributed by atoms with Crippen molar-refractivity contribution in [2.45, 2.75) is 32.9 Å². The first-order valence-electron chi connectivity index (χ1n) is 6.25. The van der Waals surface area contributed by atoms with E-state index in [2.05, 4.69) is 35.5 Å². The van der Waals surface area contributed by atoms with E-state index in [-0.39, 0.29) is 18.0 Å². The van der Waals surface area contributed by atoms with Crippen molar-refractivity contribution in [2.75, 3.05) is 20.1 Å². The Morgan fingerprint density at radius 2 is 2.28 bits per heavy atom. The lowest BCUT2D eigenvalue weighted by Crippen LogP contribution is -2.44. The lowest BCUT2D eigenvalue weighted by atomic mass is 10.0. The van der Waals surface area contributed by atoms with Gasteiger partial charge in [0.05, 0.1) is 12.6 Å². The zero-order valence-corrected chi connectivity index (χ0v) is 12.4. The van der Waals surface area contributed by atoms with Crippen LogP contribution in [0.3, 0.4) is 0 Å². The Kier molecular flexibility index (Phi) is 5.78. The molecule has 0 saturated carbocycles. The van der Waals surface area contributed by atoms with Gasteiger partial charge in [-0.1, -0.05) is 6.92 Å². The number of nitrogens with one attached hydrogen (secondary N) is 1. The van der Waals surface area contributed by atoms with Crippen molar-refractivity contribution in [1.82, 2.24) is 10.2 Å². The molecule has 0 fully saturated rings. The highest BCUT2D eigenvalue weighted by atomic mass is 32.1. The molecule has 4 nitrogen and oxygen atoms in total. The third kappa shape index (κ3) is 3.54. The molecule has 0 aliphatic heterocycles. The van der Waals surface area contributed by atoms with Gasteiger partial charge in [-0.25, -0.2) is 0 Å². The first-order valence-corrected chi connectivity index (χ1v) is 7.13. The van der Waals surface area contributed by atoms with E-state index in [0.29, 0.717) is 6.54 Å². The second kappa shape index (κ2) is 6.87. The monoisotopic (exact) mass is 269 g/mol. The molecule has 2 unspecified atom stereocenters. The van der Waals surface area contributed by atoms with E-state index < -0.39 is 0 Å². The Hall–Kier alpha value is -0.910. The number of rotatable bonds is 6. The van der Waals surface area contributed by atoms with Crippen molar-refractivity contribution in [3.63, 3.8) is 0 Å². The molecule has 3 N–H and O–H groups in total. The number of hydrogen-bond acceptors (Lipinski definition) is 4. The van der Waals surface area contributed by atoms with Crippen LogP contribution in [-0.2, 0) is 4.79 Å². The summed E-state index contributed by atoms with van der Waals surface area (Å²) in [4.78, 5) is 15.0. The van der Waals surface area contributed by atoms with E-state index in [0.717, 1.165) is 6.54 Å². The van der Waals surface area contributed by atoms with Gasteiger partial charge in [-0.3, -0.25) is 9.69 Å². The number of carbonyl (C=O) groups excluding carboxylic acids is 1. The first kappa shape index (κ1) is 15.1. The molecule has 2 atom stereocenters. The zero-order chi connectivity index (χ0) is 13.7. The predicted octanol–water partition coefficient (Wildman–Crippen LogP) is 1.51. The predicted molar refractivity (Wildman–Crippen MR) is 76.8 cm³/mol. The van der Waals surface area contributed by atoms with Crippen LogP contribution >= 0.6 is 11.3 Å². The van der Waals surface area contributed by atoms with Crippen molar-refractivity contribution in [3.8, 4) is 0 Å². The SMILES string of the molecule is CCN(CC(=O)NC)C(c1sccc1C)C(C)N. The van der Waals surface area contributed by atoms with Crippen molar-refractivity contribution in [1.29, 1.82) is 0 Å². The van der Waals surface area contributed by atoms with Gasteiger partial charge >= 0.3 is 0 Å². The van der Waals surface area contributed by atoms with Crippen LogP contribution in [0.4, 0.5) is 0 Å². The number of thiophene rings is 1. The topological polar surface area (TPSA) is 58.4 Å². The summed E-state index contributed by atoms with van der Waals surface area (Å²) in [6.07, 6.45) is 0. The highest BCUT2D eigenvalue weighted by Gasteiger charge is 2.26. The summed E-state index contributed by atoms with van der Waals surface area (Å²) in [5.74, 6) is 0.0247. The second-order valence-corrected chi connectivity index (χ2v) is 5.46. The van der Waals surface area contributed by atoms with Crippen LogP contribution in [0.5, 0.6) is 0 Å². The van der Waals surface area contributed by atoms with Gasteiger partial charge in [0.15, 0.2) is 0 Å². The highest BCUT2D eigenvalue weighted by molar-refractivity contribution is 7.10. The number of aryl methyl sites for hydroxylation is 1. The Bertz CT molecular complexity index is 389. The minimum absolute atomic E-state index is 0.00745. The maximum absolute atomic E-state index is 11.6. The van der Waals surface area contributed by atoms with E-state index in [9.17, 15) is 4.79 Å². The Morgan fingerprint density at radius 3 is 2.67 bits per heavy atom. The molecule has 0 radical (unpaired) electrons. The van der Waals surface area contributed by atoms with Crippen LogP contribution in [0.2, 0.25) is 0 Å². The Morgan fingerprint density at radius 1 is 1.61 bits per heavy atom. The average Bonchev–Trinajstić information content (AvgIpc) is 2.74. The largest absolute Gasteiger partial charge is 0.358 e. The Labute approximate surface area is 113 Å². The fourth-order valence-corrected chi connectivity index (χ4v) is 3.27. The van der Waals surface area contributed by atoms with Gasteiger partial charge in [0.2, 0.25) is 5.91 Å². The molecule has 0 aliphatic rings. The fraction of sp³-hybridized carbons (Fsp3) is 0.615. The molecule has 0 aliphatic carbocycles. The van der Waals surface area contributed by atoms with E-state index in [1.807, 2.05) is 6.92 Å². The molecule has 0 spiro atoms. The van der Waals surface area contributed by atoms with Crippen LogP contribution in [-0.4, -0.2) is 37.0 Å². The van der Waals surface area contributed by atoms with Crippen molar-refractivity contribution in [2.24, 2.45) is 5.73 Å². The van der Waals surface area contributed by atoms with E-state index in [1.54, 1.807) is 18.4 Å². The smallest absolute Gasteiger partial charge is 0.233 e. The third-order valence-electron chi connectivity index (χ3n) is 3.09. The summed E-state index contributed by atoms with van der Waals surface area (Å²) in [6.45, 7) is 7.33. The summed E-state index contributed by atoms with van der Waals surface area (Å²) in [5, 5.41) is 4.74. The van der Waals surface area contributed by atoms with Crippen LogP contribution in [0.15, 0.2) is 11.4 Å². The van der Waals surface area contributed by atoms with Crippen molar-refractivity contribution < 1.29 is 4.79 Å². The van der Waals surface area contributed by atoms with Gasteiger partial charge in [-0.05, 0) is 37.4 Å². The molecule has 5 heteroatoms. The van der Waals surface area contributed by atoms with E-state index in [4.69, 9.17) is 5.73 Å². The number of hydrogen-bond donors (Lipinski definition) is 2. The molecular formula is C13H23N3OS. The number of likely N-dealkylation sites (N-methyl/N-ethyl adjacent to an activating group) is 2. The molecule has 0 aromatic carbocycles. The minimum atomic E-state index is -0.00745. The zero-order valence-electron chi connectivity index (χ0n) is 11.6. The summed E-state index contributed by atoms with van der Waals surface area (Å²) < 4.78 is 0. The molecular weight excluding hydrogens is 246 g/mol. The number of nitrogens with two attached hydrogens (primary N) is 1. The molecule has 18 heavy (non-hydrogen) atoms. The lowest BCUT2D eigenvalue weighted by molar-refractivity contribution is -0.122. The number of carbonyl (C=O) groups is 1. The number of nitrogens with zero attached hydrogens (tertiary/aromatic N) is 1. The quantitative estimate of drug-likeness (QED) is 0.823. The molecule has 1 rings (SSSR count). The molecule has 1 aromatic heterocycles. The van der Waals surface area contributed by atoms with Crippen molar-refractivity contribution in [3.05, 3.63) is 21.9 Å². The van der Waals surface area contributed by atoms with Gasteiger partial charge < -0.3 is 11.1 Å². The summed E-state index contributed by atoms with van der Waals surface area (Å²) in [7, 11) is 1.66.